The van der Waals surface area contributed by atoms with Crippen molar-refractivity contribution in [1.82, 2.24) is 0 Å². The van der Waals surface area contributed by atoms with Gasteiger partial charge in [0.25, 0.3) is 0 Å². The lowest BCUT2D eigenvalue weighted by atomic mass is 10.2. The molecule has 1 amide bonds. The molecule has 0 aliphatic heterocycles. The van der Waals surface area contributed by atoms with Crippen LogP contribution in [0.25, 0.3) is 0 Å². The molecule has 76 valence electrons. The van der Waals surface area contributed by atoms with Crippen LogP contribution < -0.4 is 11.1 Å². The molecule has 0 atom stereocenters. The summed E-state index contributed by atoms with van der Waals surface area (Å²) in [6, 6.07) is 4.99. The second-order valence-corrected chi connectivity index (χ2v) is 3.81. The van der Waals surface area contributed by atoms with Crippen LogP contribution >= 0.6 is 11.6 Å². The maximum absolute atomic E-state index is 11.3. The Bertz CT molecular complexity index is 350. The number of nitrogens with two attached hydrogens (primary N) is 1. The zero-order valence-electron chi connectivity index (χ0n) is 8.17. The minimum Gasteiger partial charge on any atom is -0.397 e. The Morgan fingerprint density at radius 1 is 1.50 bits per heavy atom. The van der Waals surface area contributed by atoms with Gasteiger partial charge in [-0.3, -0.25) is 4.79 Å². The van der Waals surface area contributed by atoms with Crippen LogP contribution in [0, 0.1) is 5.92 Å². The molecule has 0 radical (unpaired) electrons. The Morgan fingerprint density at radius 2 is 2.14 bits per heavy atom. The van der Waals surface area contributed by atoms with Crippen LogP contribution in [0.5, 0.6) is 0 Å². The maximum Gasteiger partial charge on any atom is 0.226 e. The van der Waals surface area contributed by atoms with E-state index in [4.69, 9.17) is 17.3 Å². The molecule has 0 unspecified atom stereocenters. The Hall–Kier alpha value is -1.22. The fraction of sp³-hybridized carbons (Fsp3) is 0.300. The summed E-state index contributed by atoms with van der Waals surface area (Å²) in [6.07, 6.45) is 0. The molecule has 1 aromatic carbocycles. The lowest BCUT2D eigenvalue weighted by molar-refractivity contribution is -0.118. The average Bonchev–Trinajstić information content (AvgIpc) is 2.09. The number of anilines is 2. The number of halogens is 1. The summed E-state index contributed by atoms with van der Waals surface area (Å²) < 4.78 is 0. The van der Waals surface area contributed by atoms with Crippen LogP contribution in [0.4, 0.5) is 11.4 Å². The molecule has 1 rings (SSSR count). The van der Waals surface area contributed by atoms with Gasteiger partial charge in [-0.1, -0.05) is 25.4 Å². The van der Waals surface area contributed by atoms with Gasteiger partial charge in [-0.2, -0.15) is 0 Å². The van der Waals surface area contributed by atoms with Crippen molar-refractivity contribution in [3.8, 4) is 0 Å². The average molecular weight is 213 g/mol. The van der Waals surface area contributed by atoms with E-state index in [0.717, 1.165) is 0 Å². The highest BCUT2D eigenvalue weighted by Gasteiger charge is 2.08. The van der Waals surface area contributed by atoms with E-state index in [1.165, 1.54) is 0 Å². The van der Waals surface area contributed by atoms with E-state index >= 15 is 0 Å². The smallest absolute Gasteiger partial charge is 0.226 e. The summed E-state index contributed by atoms with van der Waals surface area (Å²) in [6.45, 7) is 3.64. The quantitative estimate of drug-likeness (QED) is 0.741. The molecule has 0 heterocycles. The van der Waals surface area contributed by atoms with Gasteiger partial charge in [0.15, 0.2) is 0 Å². The SMILES string of the molecule is CC(C)C(=O)Nc1ccc(Cl)cc1N. The largest absolute Gasteiger partial charge is 0.397 e. The van der Waals surface area contributed by atoms with E-state index in [2.05, 4.69) is 5.32 Å². The van der Waals surface area contributed by atoms with E-state index in [-0.39, 0.29) is 11.8 Å². The Balaban J connectivity index is 2.82. The molecule has 0 saturated heterocycles. The van der Waals surface area contributed by atoms with Crippen molar-refractivity contribution >= 4 is 28.9 Å². The van der Waals surface area contributed by atoms with E-state index in [1.807, 2.05) is 13.8 Å². The van der Waals surface area contributed by atoms with E-state index in [0.29, 0.717) is 16.4 Å². The molecular weight excluding hydrogens is 200 g/mol. The summed E-state index contributed by atoms with van der Waals surface area (Å²) in [7, 11) is 0. The lowest BCUT2D eigenvalue weighted by Gasteiger charge is -2.09. The molecule has 0 bridgehead atoms. The third-order valence-corrected chi connectivity index (χ3v) is 2.03. The fourth-order valence-corrected chi connectivity index (χ4v) is 1.11. The monoisotopic (exact) mass is 212 g/mol. The summed E-state index contributed by atoms with van der Waals surface area (Å²) in [5.41, 5.74) is 6.75. The van der Waals surface area contributed by atoms with Gasteiger partial charge in [0.1, 0.15) is 0 Å². The normalized spacial score (nSPS) is 10.3. The first-order valence-corrected chi connectivity index (χ1v) is 4.74. The zero-order valence-corrected chi connectivity index (χ0v) is 8.93. The molecule has 0 saturated carbocycles. The fourth-order valence-electron chi connectivity index (χ4n) is 0.924. The van der Waals surface area contributed by atoms with Gasteiger partial charge in [-0.05, 0) is 18.2 Å². The van der Waals surface area contributed by atoms with Crippen LogP contribution in [0.15, 0.2) is 18.2 Å². The minimum atomic E-state index is -0.0647. The number of benzene rings is 1. The van der Waals surface area contributed by atoms with Crippen molar-refractivity contribution in [2.75, 3.05) is 11.1 Å². The van der Waals surface area contributed by atoms with Gasteiger partial charge >= 0.3 is 0 Å². The number of rotatable bonds is 2. The maximum atomic E-state index is 11.3. The molecule has 0 aliphatic carbocycles. The predicted octanol–water partition coefficient (Wildman–Crippen LogP) is 2.52. The van der Waals surface area contributed by atoms with Gasteiger partial charge in [-0.25, -0.2) is 0 Å². The third-order valence-electron chi connectivity index (χ3n) is 1.80. The van der Waals surface area contributed by atoms with Gasteiger partial charge in [0.2, 0.25) is 5.91 Å². The first-order chi connectivity index (χ1) is 6.50. The first-order valence-electron chi connectivity index (χ1n) is 4.36. The predicted molar refractivity (Wildman–Crippen MR) is 59.3 cm³/mol. The van der Waals surface area contributed by atoms with Gasteiger partial charge in [0, 0.05) is 10.9 Å². The Morgan fingerprint density at radius 3 is 2.64 bits per heavy atom. The van der Waals surface area contributed by atoms with E-state index in [9.17, 15) is 4.79 Å². The number of hydrogen-bond acceptors (Lipinski definition) is 2. The minimum absolute atomic E-state index is 0.0565. The molecule has 14 heavy (non-hydrogen) atoms. The van der Waals surface area contributed by atoms with Crippen molar-refractivity contribution in [3.05, 3.63) is 23.2 Å². The van der Waals surface area contributed by atoms with E-state index < -0.39 is 0 Å². The Labute approximate surface area is 88.2 Å². The molecule has 0 fully saturated rings. The highest BCUT2D eigenvalue weighted by molar-refractivity contribution is 6.31. The van der Waals surface area contributed by atoms with Crippen LogP contribution in [-0.2, 0) is 4.79 Å². The van der Waals surface area contributed by atoms with Crippen molar-refractivity contribution in [1.29, 1.82) is 0 Å². The molecule has 0 aliphatic rings. The van der Waals surface area contributed by atoms with Crippen molar-refractivity contribution in [2.24, 2.45) is 5.92 Å². The number of nitrogens with one attached hydrogen (secondary N) is 1. The molecule has 4 heteroatoms. The lowest BCUT2D eigenvalue weighted by Crippen LogP contribution is -2.18. The summed E-state index contributed by atoms with van der Waals surface area (Å²) in [4.78, 5) is 11.3. The molecule has 0 spiro atoms. The standard InChI is InChI=1S/C10H13ClN2O/c1-6(2)10(14)13-9-4-3-7(11)5-8(9)12/h3-6H,12H2,1-2H3,(H,13,14). The highest BCUT2D eigenvalue weighted by atomic mass is 35.5. The molecule has 3 nitrogen and oxygen atoms in total. The van der Waals surface area contributed by atoms with Crippen molar-refractivity contribution < 1.29 is 4.79 Å². The van der Waals surface area contributed by atoms with Crippen LogP contribution in [-0.4, -0.2) is 5.91 Å². The van der Waals surface area contributed by atoms with Crippen LogP contribution in [0.3, 0.4) is 0 Å². The molecular formula is C10H13ClN2O. The van der Waals surface area contributed by atoms with E-state index in [1.54, 1.807) is 18.2 Å². The zero-order chi connectivity index (χ0) is 10.7. The topological polar surface area (TPSA) is 55.1 Å². The highest BCUT2D eigenvalue weighted by Crippen LogP contribution is 2.22. The number of carbonyl (C=O) groups excluding carboxylic acids is 1. The van der Waals surface area contributed by atoms with Gasteiger partial charge in [0.05, 0.1) is 11.4 Å². The molecule has 0 aromatic heterocycles. The Kier molecular flexibility index (Phi) is 3.36. The second kappa shape index (κ2) is 4.33. The summed E-state index contributed by atoms with van der Waals surface area (Å²) in [5.74, 6) is -0.121. The van der Waals surface area contributed by atoms with Crippen LogP contribution in [0.1, 0.15) is 13.8 Å². The number of amides is 1. The second-order valence-electron chi connectivity index (χ2n) is 3.38. The summed E-state index contributed by atoms with van der Waals surface area (Å²) >= 11 is 5.72. The number of carbonyl (C=O) groups is 1. The molecule has 3 N–H and O–H groups in total. The number of nitrogen functional groups attached to an aromatic ring is 1. The van der Waals surface area contributed by atoms with Gasteiger partial charge in [-0.15, -0.1) is 0 Å². The third kappa shape index (κ3) is 2.64. The number of hydrogen-bond donors (Lipinski definition) is 2. The van der Waals surface area contributed by atoms with Crippen molar-refractivity contribution in [2.45, 2.75) is 13.8 Å². The van der Waals surface area contributed by atoms with Crippen LogP contribution in [0.2, 0.25) is 5.02 Å². The first kappa shape index (κ1) is 10.9. The van der Waals surface area contributed by atoms with Crippen molar-refractivity contribution in [3.63, 3.8) is 0 Å². The summed E-state index contributed by atoms with van der Waals surface area (Å²) in [5, 5.41) is 3.27. The molecule has 1 aromatic rings. The van der Waals surface area contributed by atoms with Gasteiger partial charge < -0.3 is 11.1 Å².